The first-order valence-corrected chi connectivity index (χ1v) is 14.4. The van der Waals surface area contributed by atoms with Gasteiger partial charge >= 0.3 is 162 Å². The molecule has 0 bridgehead atoms. The molecule has 1 unspecified atom stereocenters. The van der Waals surface area contributed by atoms with Gasteiger partial charge in [-0.05, 0) is 0 Å². The van der Waals surface area contributed by atoms with Crippen LogP contribution in [0, 0.1) is 6.92 Å². The molecule has 0 heterocycles. The molecule has 0 amide bonds. The Morgan fingerprint density at radius 3 is 2.24 bits per heavy atom. The third kappa shape index (κ3) is 4.09. The molecule has 1 atom stereocenters. The van der Waals surface area contributed by atoms with Crippen molar-refractivity contribution in [2.24, 2.45) is 0 Å². The summed E-state index contributed by atoms with van der Waals surface area (Å²) < 4.78 is 0.649. The first-order chi connectivity index (χ1) is 10.1. The molecule has 0 saturated heterocycles. The zero-order valence-electron chi connectivity index (χ0n) is 12.0. The van der Waals surface area contributed by atoms with Gasteiger partial charge in [-0.3, -0.25) is 0 Å². The van der Waals surface area contributed by atoms with E-state index in [4.69, 9.17) is 17.0 Å². The van der Waals surface area contributed by atoms with E-state index in [2.05, 4.69) is 62.4 Å². The summed E-state index contributed by atoms with van der Waals surface area (Å²) in [4.78, 5) is 0. The molecule has 0 N–H and O–H groups in total. The SMILES string of the molecule is CC1=Cc2c(-c3ccccc3)ccc(C)c2[CH]1[Zr].[Cl][Zr][Cl]. The third-order valence-electron chi connectivity index (χ3n) is 3.71. The second kappa shape index (κ2) is 8.40. The van der Waals surface area contributed by atoms with Gasteiger partial charge in [0.2, 0.25) is 0 Å². The van der Waals surface area contributed by atoms with Crippen LogP contribution in [0.5, 0.6) is 0 Å². The third-order valence-corrected chi connectivity index (χ3v) is 5.53. The van der Waals surface area contributed by atoms with Crippen molar-refractivity contribution < 1.29 is 45.6 Å². The summed E-state index contributed by atoms with van der Waals surface area (Å²) in [5.74, 6) is 0. The maximum atomic E-state index is 4.93. The summed E-state index contributed by atoms with van der Waals surface area (Å²) in [6.45, 7) is 4.49. The fourth-order valence-corrected chi connectivity index (χ4v) is 3.84. The van der Waals surface area contributed by atoms with E-state index in [0.29, 0.717) is 3.63 Å². The van der Waals surface area contributed by atoms with E-state index in [0.717, 1.165) is 0 Å². The predicted molar refractivity (Wildman–Crippen MR) is 84.7 cm³/mol. The molecule has 0 aromatic heterocycles. The molecule has 3 rings (SSSR count). The zero-order valence-corrected chi connectivity index (χ0v) is 18.4. The molecule has 0 fully saturated rings. The number of fused-ring (bicyclic) bond motifs is 1. The molecule has 21 heavy (non-hydrogen) atoms. The van der Waals surface area contributed by atoms with E-state index in [1.54, 1.807) is 30.3 Å². The van der Waals surface area contributed by atoms with E-state index in [9.17, 15) is 0 Å². The minimum atomic E-state index is -0.826. The monoisotopic (exact) mass is 469 g/mol. The van der Waals surface area contributed by atoms with E-state index < -0.39 is 20.8 Å². The van der Waals surface area contributed by atoms with Crippen LogP contribution in [0.2, 0.25) is 0 Å². The number of halogens is 2. The van der Waals surface area contributed by atoms with Gasteiger partial charge < -0.3 is 0 Å². The van der Waals surface area contributed by atoms with Gasteiger partial charge in [0.1, 0.15) is 0 Å². The number of hydrogen-bond donors (Lipinski definition) is 0. The summed E-state index contributed by atoms with van der Waals surface area (Å²) >= 11 is 0.766. The molecular formula is C17H15Cl2Zr2. The van der Waals surface area contributed by atoms with Gasteiger partial charge in [0.25, 0.3) is 0 Å². The molecule has 1 aliphatic carbocycles. The van der Waals surface area contributed by atoms with Crippen LogP contribution < -0.4 is 0 Å². The molecule has 2 aromatic rings. The second-order valence-corrected chi connectivity index (χ2v) is 10.2. The number of allylic oxidation sites excluding steroid dienone is 1. The summed E-state index contributed by atoms with van der Waals surface area (Å²) in [6, 6.07) is 15.2. The average molecular weight is 473 g/mol. The maximum absolute atomic E-state index is 4.93. The van der Waals surface area contributed by atoms with Crippen molar-refractivity contribution in [1.82, 2.24) is 0 Å². The number of benzene rings is 2. The summed E-state index contributed by atoms with van der Waals surface area (Å²) in [5, 5.41) is 0. The number of rotatable bonds is 1. The van der Waals surface area contributed by atoms with Gasteiger partial charge in [0.15, 0.2) is 0 Å². The van der Waals surface area contributed by atoms with E-state index in [-0.39, 0.29) is 0 Å². The number of aryl methyl sites for hydroxylation is 1. The van der Waals surface area contributed by atoms with E-state index in [1.807, 2.05) is 0 Å². The van der Waals surface area contributed by atoms with Crippen LogP contribution in [0.15, 0.2) is 48.0 Å². The van der Waals surface area contributed by atoms with Crippen molar-refractivity contribution in [3.63, 3.8) is 0 Å². The standard InChI is InChI=1S/C17H15.2ClH.2Zr/c1-12-10-16-13(2)8-9-15(17(16)11-12)14-6-4-3-5-7-14;;;;/h3-11H,1-2H3;2*1H;;/q;;;;+2/p-2. The van der Waals surface area contributed by atoms with Crippen molar-refractivity contribution in [3.8, 4) is 11.1 Å². The normalized spacial score (nSPS) is 15.6. The fraction of sp³-hybridized carbons (Fsp3) is 0.176. The van der Waals surface area contributed by atoms with Gasteiger partial charge in [0.05, 0.1) is 0 Å². The van der Waals surface area contributed by atoms with Gasteiger partial charge in [-0.15, -0.1) is 0 Å². The van der Waals surface area contributed by atoms with Crippen LogP contribution in [0.3, 0.4) is 0 Å². The molecule has 0 nitrogen and oxygen atoms in total. The predicted octanol–water partition coefficient (Wildman–Crippen LogP) is 6.04. The van der Waals surface area contributed by atoms with Crippen LogP contribution >= 0.6 is 17.0 Å². The van der Waals surface area contributed by atoms with E-state index in [1.165, 1.54) is 27.8 Å². The molecule has 1 aliphatic rings. The number of hydrogen-bond acceptors (Lipinski definition) is 0. The van der Waals surface area contributed by atoms with Gasteiger partial charge in [-0.2, -0.15) is 0 Å². The van der Waals surface area contributed by atoms with Gasteiger partial charge in [-0.25, -0.2) is 0 Å². The first-order valence-electron chi connectivity index (χ1n) is 6.64. The molecule has 4 heteroatoms. The quantitative estimate of drug-likeness (QED) is 0.474. The fourth-order valence-electron chi connectivity index (χ4n) is 2.69. The van der Waals surface area contributed by atoms with Crippen molar-refractivity contribution >= 4 is 23.1 Å². The molecule has 0 spiro atoms. The molecular weight excluding hydrogens is 458 g/mol. The Kier molecular flexibility index (Phi) is 7.15. The summed E-state index contributed by atoms with van der Waals surface area (Å²) in [5.41, 5.74) is 8.63. The van der Waals surface area contributed by atoms with Crippen molar-refractivity contribution in [2.45, 2.75) is 17.5 Å². The van der Waals surface area contributed by atoms with E-state index >= 15 is 0 Å². The molecule has 105 valence electrons. The van der Waals surface area contributed by atoms with Crippen molar-refractivity contribution in [3.05, 3.63) is 64.7 Å². The Morgan fingerprint density at radius 2 is 1.62 bits per heavy atom. The van der Waals surface area contributed by atoms with Gasteiger partial charge in [0, 0.05) is 0 Å². The zero-order chi connectivity index (χ0) is 15.4. The Morgan fingerprint density at radius 1 is 1.00 bits per heavy atom. The van der Waals surface area contributed by atoms with Crippen LogP contribution in [0.25, 0.3) is 17.2 Å². The topological polar surface area (TPSA) is 0 Å². The van der Waals surface area contributed by atoms with Crippen LogP contribution in [0.1, 0.15) is 27.2 Å². The Balaban J connectivity index is 0.000000497. The van der Waals surface area contributed by atoms with Crippen LogP contribution in [0.4, 0.5) is 0 Å². The summed E-state index contributed by atoms with van der Waals surface area (Å²) in [7, 11) is 9.87. The minimum absolute atomic E-state index is 0.649. The second-order valence-electron chi connectivity index (χ2n) is 5.02. The van der Waals surface area contributed by atoms with Crippen LogP contribution in [-0.2, 0) is 45.6 Å². The van der Waals surface area contributed by atoms with Crippen LogP contribution in [-0.4, -0.2) is 0 Å². The Bertz CT molecular complexity index is 651. The van der Waals surface area contributed by atoms with Crippen molar-refractivity contribution in [1.29, 1.82) is 0 Å². The molecule has 0 aliphatic heterocycles. The van der Waals surface area contributed by atoms with Gasteiger partial charge in [-0.1, -0.05) is 0 Å². The Hall–Kier alpha value is 0.526. The first kappa shape index (κ1) is 17.9. The summed E-state index contributed by atoms with van der Waals surface area (Å²) in [6.07, 6.45) is 2.38. The molecule has 2 aromatic carbocycles. The van der Waals surface area contributed by atoms with Crippen molar-refractivity contribution in [2.75, 3.05) is 0 Å². The molecule has 0 radical (unpaired) electrons. The molecule has 0 saturated carbocycles. The average Bonchev–Trinajstić information content (AvgIpc) is 2.78. The Labute approximate surface area is 160 Å².